The molecule has 0 N–H and O–H groups in total. The molecule has 0 fully saturated rings. The molecular formula is C23H20Cl2FNO2. The fourth-order valence-electron chi connectivity index (χ4n) is 4.35. The maximum Gasteiger partial charge on any atom is 0.232 e. The van der Waals surface area contributed by atoms with Crippen molar-refractivity contribution in [3.8, 4) is 0 Å². The third-order valence-electron chi connectivity index (χ3n) is 5.57. The van der Waals surface area contributed by atoms with E-state index in [4.69, 9.17) is 23.2 Å². The van der Waals surface area contributed by atoms with Crippen LogP contribution >= 0.6 is 23.2 Å². The van der Waals surface area contributed by atoms with E-state index in [-0.39, 0.29) is 29.3 Å². The number of carbonyl (C=O) groups is 2. The van der Waals surface area contributed by atoms with Gasteiger partial charge in [0.2, 0.25) is 5.91 Å². The standard InChI is InChI=1S/C23H20Cl2FNO2/c1-23(2)11-19-22(20(28)12-23)17(16-8-3-13(24)9-18(16)25)10-21(29)27(19)15-6-4-14(26)5-7-15/h3-9,17H,10-12H2,1-2H3/t17-/m0/s1. The predicted molar refractivity (Wildman–Crippen MR) is 113 cm³/mol. The summed E-state index contributed by atoms with van der Waals surface area (Å²) in [6.07, 6.45) is 1.08. The summed E-state index contributed by atoms with van der Waals surface area (Å²) in [5.74, 6) is -0.912. The average Bonchev–Trinajstić information content (AvgIpc) is 2.61. The first-order valence-corrected chi connectivity index (χ1v) is 10.2. The van der Waals surface area contributed by atoms with Gasteiger partial charge in [-0.25, -0.2) is 4.39 Å². The zero-order valence-electron chi connectivity index (χ0n) is 16.1. The van der Waals surface area contributed by atoms with Gasteiger partial charge in [0, 0.05) is 45.8 Å². The van der Waals surface area contributed by atoms with Crippen LogP contribution in [-0.4, -0.2) is 11.7 Å². The Morgan fingerprint density at radius 2 is 1.72 bits per heavy atom. The number of amides is 1. The van der Waals surface area contributed by atoms with Crippen LogP contribution in [0.15, 0.2) is 53.7 Å². The highest BCUT2D eigenvalue weighted by atomic mass is 35.5. The van der Waals surface area contributed by atoms with Gasteiger partial charge in [0.1, 0.15) is 5.82 Å². The first-order chi connectivity index (χ1) is 13.7. The molecule has 1 aliphatic carbocycles. The van der Waals surface area contributed by atoms with Crippen molar-refractivity contribution in [3.63, 3.8) is 0 Å². The largest absolute Gasteiger partial charge is 0.294 e. The molecule has 150 valence electrons. The normalized spacial score (nSPS) is 21.4. The van der Waals surface area contributed by atoms with E-state index >= 15 is 0 Å². The summed E-state index contributed by atoms with van der Waals surface area (Å²) in [5.41, 5.74) is 2.32. The summed E-state index contributed by atoms with van der Waals surface area (Å²) in [5, 5.41) is 0.939. The van der Waals surface area contributed by atoms with Crippen LogP contribution in [0.3, 0.4) is 0 Å². The third-order valence-corrected chi connectivity index (χ3v) is 6.13. The van der Waals surface area contributed by atoms with Gasteiger partial charge in [0.15, 0.2) is 5.78 Å². The number of allylic oxidation sites excluding steroid dienone is 2. The molecule has 29 heavy (non-hydrogen) atoms. The van der Waals surface area contributed by atoms with Crippen LogP contribution in [0.5, 0.6) is 0 Å². The van der Waals surface area contributed by atoms with Crippen molar-refractivity contribution in [3.05, 3.63) is 75.2 Å². The van der Waals surface area contributed by atoms with Crippen molar-refractivity contribution in [2.75, 3.05) is 4.90 Å². The Morgan fingerprint density at radius 3 is 2.38 bits per heavy atom. The van der Waals surface area contributed by atoms with Crippen molar-refractivity contribution in [2.24, 2.45) is 5.41 Å². The monoisotopic (exact) mass is 431 g/mol. The number of rotatable bonds is 2. The van der Waals surface area contributed by atoms with Crippen LogP contribution in [0.2, 0.25) is 10.0 Å². The molecular weight excluding hydrogens is 412 g/mol. The zero-order chi connectivity index (χ0) is 20.9. The molecule has 0 aromatic heterocycles. The van der Waals surface area contributed by atoms with Gasteiger partial charge >= 0.3 is 0 Å². The van der Waals surface area contributed by atoms with Crippen molar-refractivity contribution < 1.29 is 14.0 Å². The van der Waals surface area contributed by atoms with Gasteiger partial charge in [-0.15, -0.1) is 0 Å². The molecule has 0 bridgehead atoms. The van der Waals surface area contributed by atoms with Crippen molar-refractivity contribution in [1.82, 2.24) is 0 Å². The minimum atomic E-state index is -0.414. The first kappa shape index (κ1) is 20.1. The van der Waals surface area contributed by atoms with Crippen LogP contribution in [0.4, 0.5) is 10.1 Å². The van der Waals surface area contributed by atoms with Crippen molar-refractivity contribution >= 4 is 40.6 Å². The summed E-state index contributed by atoms with van der Waals surface area (Å²) in [6, 6.07) is 10.9. The lowest BCUT2D eigenvalue weighted by molar-refractivity contribution is -0.121. The lowest BCUT2D eigenvalue weighted by Crippen LogP contribution is -2.43. The van der Waals surface area contributed by atoms with Crippen LogP contribution in [0.1, 0.15) is 44.6 Å². The topological polar surface area (TPSA) is 37.4 Å². The highest BCUT2D eigenvalue weighted by Gasteiger charge is 2.44. The van der Waals surface area contributed by atoms with Crippen LogP contribution in [-0.2, 0) is 9.59 Å². The molecule has 0 saturated heterocycles. The quantitative estimate of drug-likeness (QED) is 0.559. The highest BCUT2D eigenvalue weighted by Crippen LogP contribution is 2.49. The van der Waals surface area contributed by atoms with E-state index in [1.807, 2.05) is 13.8 Å². The Morgan fingerprint density at radius 1 is 1.03 bits per heavy atom. The van der Waals surface area contributed by atoms with E-state index in [1.54, 1.807) is 35.2 Å². The molecule has 3 nitrogen and oxygen atoms in total. The van der Waals surface area contributed by atoms with E-state index in [2.05, 4.69) is 0 Å². The van der Waals surface area contributed by atoms with Gasteiger partial charge in [-0.05, 0) is 53.8 Å². The minimum absolute atomic E-state index is 0.0203. The van der Waals surface area contributed by atoms with Crippen molar-refractivity contribution in [2.45, 2.75) is 39.0 Å². The van der Waals surface area contributed by atoms with Crippen LogP contribution in [0, 0.1) is 11.2 Å². The molecule has 1 amide bonds. The maximum atomic E-state index is 13.4. The number of benzene rings is 2. The Bertz CT molecular complexity index is 1040. The lowest BCUT2D eigenvalue weighted by atomic mass is 9.69. The van der Waals surface area contributed by atoms with E-state index in [0.717, 1.165) is 5.56 Å². The molecule has 1 aliphatic heterocycles. The van der Waals surface area contributed by atoms with Gasteiger partial charge in [-0.2, -0.15) is 0 Å². The van der Waals surface area contributed by atoms with Gasteiger partial charge in [0.05, 0.1) is 0 Å². The SMILES string of the molecule is CC1(C)CC(=O)C2=C(C1)N(c1ccc(F)cc1)C(=O)C[C@H]2c1ccc(Cl)cc1Cl. The molecule has 2 aliphatic rings. The van der Waals surface area contributed by atoms with Gasteiger partial charge in [-0.1, -0.05) is 43.1 Å². The number of anilines is 1. The number of halogens is 3. The second-order valence-corrected chi connectivity index (χ2v) is 9.27. The number of Topliss-reactive ketones (excluding diaryl/α,β-unsaturated/α-hetero) is 1. The smallest absolute Gasteiger partial charge is 0.232 e. The average molecular weight is 432 g/mol. The van der Waals surface area contributed by atoms with E-state index in [9.17, 15) is 14.0 Å². The van der Waals surface area contributed by atoms with Crippen LogP contribution in [0.25, 0.3) is 0 Å². The van der Waals surface area contributed by atoms with Gasteiger partial charge in [-0.3, -0.25) is 14.5 Å². The minimum Gasteiger partial charge on any atom is -0.294 e. The third kappa shape index (κ3) is 3.72. The lowest BCUT2D eigenvalue weighted by Gasteiger charge is -2.43. The number of hydrogen-bond acceptors (Lipinski definition) is 2. The first-order valence-electron chi connectivity index (χ1n) is 9.46. The van der Waals surface area contributed by atoms with Gasteiger partial charge < -0.3 is 0 Å². The molecule has 4 rings (SSSR count). The second kappa shape index (κ2) is 7.26. The fraction of sp³-hybridized carbons (Fsp3) is 0.304. The van der Waals surface area contributed by atoms with Crippen molar-refractivity contribution in [1.29, 1.82) is 0 Å². The number of hydrogen-bond donors (Lipinski definition) is 0. The summed E-state index contributed by atoms with van der Waals surface area (Å²) in [6.45, 7) is 4.03. The molecule has 2 aromatic rings. The number of ketones is 1. The Labute approximate surface area is 179 Å². The maximum absolute atomic E-state index is 13.4. The number of carbonyl (C=O) groups excluding carboxylic acids is 2. The molecule has 2 aromatic carbocycles. The van der Waals surface area contributed by atoms with E-state index < -0.39 is 5.92 Å². The van der Waals surface area contributed by atoms with Crippen LogP contribution < -0.4 is 4.90 Å². The van der Waals surface area contributed by atoms with E-state index in [0.29, 0.717) is 39.8 Å². The second-order valence-electron chi connectivity index (χ2n) is 8.43. The Balaban J connectivity index is 1.91. The molecule has 1 heterocycles. The highest BCUT2D eigenvalue weighted by molar-refractivity contribution is 6.35. The summed E-state index contributed by atoms with van der Waals surface area (Å²) in [4.78, 5) is 28.0. The molecule has 0 saturated carbocycles. The van der Waals surface area contributed by atoms with E-state index in [1.165, 1.54) is 12.1 Å². The summed E-state index contributed by atoms with van der Waals surface area (Å²) >= 11 is 12.5. The molecule has 0 spiro atoms. The predicted octanol–water partition coefficient (Wildman–Crippen LogP) is 6.30. The molecule has 6 heteroatoms. The molecule has 0 radical (unpaired) electrons. The fourth-order valence-corrected chi connectivity index (χ4v) is 4.90. The zero-order valence-corrected chi connectivity index (χ0v) is 17.6. The summed E-state index contributed by atoms with van der Waals surface area (Å²) < 4.78 is 13.4. The number of nitrogens with zero attached hydrogens (tertiary/aromatic N) is 1. The summed E-state index contributed by atoms with van der Waals surface area (Å²) in [7, 11) is 0. The Kier molecular flexibility index (Phi) is 5.04. The molecule has 1 atom stereocenters. The molecule has 0 unspecified atom stereocenters. The Hall–Kier alpha value is -2.17. The van der Waals surface area contributed by atoms with Gasteiger partial charge in [0.25, 0.3) is 0 Å².